The van der Waals surface area contributed by atoms with Crippen LogP contribution in [0.3, 0.4) is 0 Å². The van der Waals surface area contributed by atoms with Gasteiger partial charge in [-0.1, -0.05) is 30.3 Å². The fourth-order valence-electron chi connectivity index (χ4n) is 3.32. The van der Waals surface area contributed by atoms with Crippen LogP contribution in [0, 0.1) is 5.92 Å². The highest BCUT2D eigenvalue weighted by atomic mass is 16.5. The van der Waals surface area contributed by atoms with E-state index in [1.165, 1.54) is 5.56 Å². The van der Waals surface area contributed by atoms with Gasteiger partial charge in [-0.2, -0.15) is 0 Å². The summed E-state index contributed by atoms with van der Waals surface area (Å²) in [5.74, 6) is 0.271. The van der Waals surface area contributed by atoms with Crippen molar-refractivity contribution in [2.45, 2.75) is 18.9 Å². The van der Waals surface area contributed by atoms with Crippen LogP contribution in [0.2, 0.25) is 0 Å². The van der Waals surface area contributed by atoms with Crippen molar-refractivity contribution in [3.63, 3.8) is 0 Å². The molecule has 1 unspecified atom stereocenters. The second kappa shape index (κ2) is 8.43. The molecule has 2 fully saturated rings. The second-order valence-corrected chi connectivity index (χ2v) is 6.21. The van der Waals surface area contributed by atoms with Crippen LogP contribution in [-0.4, -0.2) is 56.9 Å². The fourth-order valence-corrected chi connectivity index (χ4v) is 3.32. The van der Waals surface area contributed by atoms with Crippen LogP contribution in [0.15, 0.2) is 30.3 Å². The van der Waals surface area contributed by atoms with Gasteiger partial charge < -0.3 is 14.8 Å². The number of nitrogens with one attached hydrogen (secondary N) is 1. The van der Waals surface area contributed by atoms with E-state index in [1.54, 1.807) is 0 Å². The lowest BCUT2D eigenvalue weighted by molar-refractivity contribution is -0.128. The van der Waals surface area contributed by atoms with E-state index in [0.29, 0.717) is 19.8 Å². The third kappa shape index (κ3) is 4.53. The monoisotopic (exact) mass is 318 g/mol. The third-order valence-electron chi connectivity index (χ3n) is 4.73. The number of rotatable bonds is 5. The summed E-state index contributed by atoms with van der Waals surface area (Å²) in [6.07, 6.45) is 1.67. The van der Waals surface area contributed by atoms with E-state index in [2.05, 4.69) is 34.5 Å². The van der Waals surface area contributed by atoms with E-state index in [-0.39, 0.29) is 17.9 Å². The van der Waals surface area contributed by atoms with Gasteiger partial charge in [-0.25, -0.2) is 0 Å². The lowest BCUT2D eigenvalue weighted by Gasteiger charge is -2.35. The van der Waals surface area contributed by atoms with Crippen molar-refractivity contribution in [3.05, 3.63) is 35.9 Å². The Hall–Kier alpha value is -1.43. The predicted molar refractivity (Wildman–Crippen MR) is 88.1 cm³/mol. The molecule has 126 valence electrons. The van der Waals surface area contributed by atoms with Crippen LogP contribution in [0.1, 0.15) is 24.4 Å². The zero-order valence-electron chi connectivity index (χ0n) is 13.6. The molecule has 1 aromatic rings. The number of ether oxygens (including phenoxy) is 2. The summed E-state index contributed by atoms with van der Waals surface area (Å²) in [6, 6.07) is 10.6. The molecular formula is C18H26N2O3. The molecule has 23 heavy (non-hydrogen) atoms. The highest BCUT2D eigenvalue weighted by molar-refractivity contribution is 5.78. The van der Waals surface area contributed by atoms with Crippen LogP contribution in [-0.2, 0) is 14.3 Å². The molecule has 3 rings (SSSR count). The van der Waals surface area contributed by atoms with Crippen LogP contribution >= 0.6 is 0 Å². The SMILES string of the molecule is O=C(NCC(c1ccccc1)N1CCOCC1)C1CCOCC1. The average Bonchev–Trinajstić information content (AvgIpc) is 2.64. The van der Waals surface area contributed by atoms with Gasteiger partial charge in [-0.3, -0.25) is 9.69 Å². The van der Waals surface area contributed by atoms with Gasteiger partial charge in [0.1, 0.15) is 0 Å². The Balaban J connectivity index is 1.62. The topological polar surface area (TPSA) is 50.8 Å². The molecule has 5 heteroatoms. The number of benzene rings is 1. The van der Waals surface area contributed by atoms with E-state index >= 15 is 0 Å². The van der Waals surface area contributed by atoms with E-state index in [9.17, 15) is 4.79 Å². The Morgan fingerprint density at radius 2 is 1.74 bits per heavy atom. The number of hydrogen-bond donors (Lipinski definition) is 1. The molecule has 2 saturated heterocycles. The Morgan fingerprint density at radius 3 is 2.43 bits per heavy atom. The summed E-state index contributed by atoms with van der Waals surface area (Å²) >= 11 is 0. The highest BCUT2D eigenvalue weighted by Gasteiger charge is 2.26. The minimum atomic E-state index is 0.102. The van der Waals surface area contributed by atoms with Crippen LogP contribution in [0.25, 0.3) is 0 Å². The van der Waals surface area contributed by atoms with Gasteiger partial charge in [-0.05, 0) is 18.4 Å². The number of amides is 1. The van der Waals surface area contributed by atoms with Crippen LogP contribution in [0.4, 0.5) is 0 Å². The Morgan fingerprint density at radius 1 is 1.09 bits per heavy atom. The predicted octanol–water partition coefficient (Wildman–Crippen LogP) is 1.60. The van der Waals surface area contributed by atoms with Gasteiger partial charge >= 0.3 is 0 Å². The first kappa shape index (κ1) is 16.4. The molecule has 0 bridgehead atoms. The van der Waals surface area contributed by atoms with Crippen molar-refractivity contribution >= 4 is 5.91 Å². The fraction of sp³-hybridized carbons (Fsp3) is 0.611. The molecule has 2 heterocycles. The summed E-state index contributed by atoms with van der Waals surface area (Å²) < 4.78 is 10.8. The largest absolute Gasteiger partial charge is 0.381 e. The lowest BCUT2D eigenvalue weighted by atomic mass is 9.98. The van der Waals surface area contributed by atoms with E-state index in [4.69, 9.17) is 9.47 Å². The quantitative estimate of drug-likeness (QED) is 0.896. The summed E-state index contributed by atoms with van der Waals surface area (Å²) in [7, 11) is 0. The van der Waals surface area contributed by atoms with Crippen LogP contribution in [0.5, 0.6) is 0 Å². The van der Waals surface area contributed by atoms with Crippen molar-refractivity contribution in [1.82, 2.24) is 10.2 Å². The second-order valence-electron chi connectivity index (χ2n) is 6.21. The molecule has 0 radical (unpaired) electrons. The Bertz CT molecular complexity index is 482. The van der Waals surface area contributed by atoms with Crippen LogP contribution < -0.4 is 5.32 Å². The van der Waals surface area contributed by atoms with Gasteiger partial charge in [0.25, 0.3) is 0 Å². The maximum Gasteiger partial charge on any atom is 0.223 e. The van der Waals surface area contributed by atoms with Gasteiger partial charge in [0.15, 0.2) is 0 Å². The first-order chi connectivity index (χ1) is 11.3. The number of nitrogens with zero attached hydrogens (tertiary/aromatic N) is 1. The van der Waals surface area contributed by atoms with Crippen molar-refractivity contribution in [2.75, 3.05) is 46.1 Å². The summed E-state index contributed by atoms with van der Waals surface area (Å²) in [5, 5.41) is 3.17. The molecule has 2 aliphatic heterocycles. The number of morpholine rings is 1. The molecule has 0 aromatic heterocycles. The van der Waals surface area contributed by atoms with Gasteiger partial charge in [0.2, 0.25) is 5.91 Å². The maximum absolute atomic E-state index is 12.4. The van der Waals surface area contributed by atoms with Crippen molar-refractivity contribution in [1.29, 1.82) is 0 Å². The van der Waals surface area contributed by atoms with Gasteiger partial charge in [-0.15, -0.1) is 0 Å². The zero-order chi connectivity index (χ0) is 15.9. The van der Waals surface area contributed by atoms with Gasteiger partial charge in [0.05, 0.1) is 19.3 Å². The Kier molecular flexibility index (Phi) is 6.02. The third-order valence-corrected chi connectivity index (χ3v) is 4.73. The van der Waals surface area contributed by atoms with E-state index < -0.39 is 0 Å². The standard InChI is InChI=1S/C18H26N2O3/c21-18(16-6-10-22-11-7-16)19-14-17(15-4-2-1-3-5-15)20-8-12-23-13-9-20/h1-5,16-17H,6-14H2,(H,19,21). The summed E-state index contributed by atoms with van der Waals surface area (Å²) in [6.45, 7) is 5.39. The minimum absolute atomic E-state index is 0.102. The molecule has 0 aliphatic carbocycles. The molecule has 5 nitrogen and oxygen atoms in total. The highest BCUT2D eigenvalue weighted by Crippen LogP contribution is 2.22. The number of carbonyl (C=O) groups excluding carboxylic acids is 1. The molecular weight excluding hydrogens is 292 g/mol. The first-order valence-corrected chi connectivity index (χ1v) is 8.57. The van der Waals surface area contributed by atoms with Crippen molar-refractivity contribution < 1.29 is 14.3 Å². The molecule has 1 aromatic carbocycles. The molecule has 1 N–H and O–H groups in total. The number of hydrogen-bond acceptors (Lipinski definition) is 4. The lowest BCUT2D eigenvalue weighted by Crippen LogP contribution is -2.45. The first-order valence-electron chi connectivity index (χ1n) is 8.57. The molecule has 2 aliphatic rings. The Labute approximate surface area is 137 Å². The average molecular weight is 318 g/mol. The zero-order valence-corrected chi connectivity index (χ0v) is 13.6. The molecule has 0 spiro atoms. The summed E-state index contributed by atoms with van der Waals surface area (Å²) in [4.78, 5) is 14.8. The van der Waals surface area contributed by atoms with Crippen molar-refractivity contribution in [3.8, 4) is 0 Å². The van der Waals surface area contributed by atoms with Crippen molar-refractivity contribution in [2.24, 2.45) is 5.92 Å². The van der Waals surface area contributed by atoms with E-state index in [1.807, 2.05) is 6.07 Å². The maximum atomic E-state index is 12.4. The molecule has 1 atom stereocenters. The number of carbonyl (C=O) groups is 1. The molecule has 1 amide bonds. The minimum Gasteiger partial charge on any atom is -0.381 e. The van der Waals surface area contributed by atoms with E-state index in [0.717, 1.165) is 39.1 Å². The normalized spacial score (nSPS) is 21.7. The summed E-state index contributed by atoms with van der Waals surface area (Å²) in [5.41, 5.74) is 1.25. The van der Waals surface area contributed by atoms with Gasteiger partial charge in [0, 0.05) is 38.8 Å². The molecule has 0 saturated carbocycles. The smallest absolute Gasteiger partial charge is 0.223 e.